The maximum atomic E-state index is 13.0. The van der Waals surface area contributed by atoms with Gasteiger partial charge in [0, 0.05) is 32.2 Å². The summed E-state index contributed by atoms with van der Waals surface area (Å²) in [6.07, 6.45) is 4.50. The predicted octanol–water partition coefficient (Wildman–Crippen LogP) is 2.16. The average molecular weight is 416 g/mol. The van der Waals surface area contributed by atoms with Crippen molar-refractivity contribution in [2.24, 2.45) is 11.7 Å². The molecule has 2 heterocycles. The second kappa shape index (κ2) is 9.37. The van der Waals surface area contributed by atoms with E-state index in [1.54, 1.807) is 24.3 Å². The molecule has 2 saturated heterocycles. The number of likely N-dealkylation sites (tertiary alicyclic amines) is 1. The number of carbonyl (C=O) groups is 1. The molecule has 3 rings (SSSR count). The fourth-order valence-corrected chi connectivity index (χ4v) is 5.52. The number of piperidine rings is 2. The van der Waals surface area contributed by atoms with Crippen LogP contribution >= 0.6 is 12.4 Å². The average Bonchev–Trinajstić information content (AvgIpc) is 2.68. The molecule has 0 bridgehead atoms. The Morgan fingerprint density at radius 1 is 1.11 bits per heavy atom. The zero-order valence-electron chi connectivity index (χ0n) is 15.8. The number of amides is 1. The lowest BCUT2D eigenvalue weighted by molar-refractivity contribution is -0.140. The van der Waals surface area contributed by atoms with Gasteiger partial charge >= 0.3 is 0 Å². The molecule has 1 aromatic carbocycles. The zero-order chi connectivity index (χ0) is 18.7. The van der Waals surface area contributed by atoms with Crippen molar-refractivity contribution < 1.29 is 13.2 Å². The van der Waals surface area contributed by atoms with E-state index < -0.39 is 10.0 Å². The molecule has 152 valence electrons. The second-order valence-electron chi connectivity index (χ2n) is 7.43. The van der Waals surface area contributed by atoms with Crippen LogP contribution < -0.4 is 5.73 Å². The lowest BCUT2D eigenvalue weighted by Gasteiger charge is -2.39. The van der Waals surface area contributed by atoms with Gasteiger partial charge in [0.15, 0.2) is 0 Å². The minimum absolute atomic E-state index is 0. The summed E-state index contributed by atoms with van der Waals surface area (Å²) in [5.41, 5.74) is 6.87. The number of carbonyl (C=O) groups excluding carboxylic acids is 1. The van der Waals surface area contributed by atoms with Crippen LogP contribution in [0.15, 0.2) is 29.2 Å². The Balaban J connectivity index is 0.00000261. The van der Waals surface area contributed by atoms with Gasteiger partial charge in [0.05, 0.1) is 10.8 Å². The van der Waals surface area contributed by atoms with Crippen molar-refractivity contribution in [1.29, 1.82) is 0 Å². The van der Waals surface area contributed by atoms with E-state index in [0.717, 1.165) is 37.8 Å². The van der Waals surface area contributed by atoms with E-state index in [1.807, 2.05) is 11.8 Å². The fourth-order valence-electron chi connectivity index (χ4n) is 3.99. The third-order valence-corrected chi connectivity index (χ3v) is 7.45. The summed E-state index contributed by atoms with van der Waals surface area (Å²) in [6.45, 7) is 3.88. The van der Waals surface area contributed by atoms with Gasteiger partial charge < -0.3 is 10.6 Å². The van der Waals surface area contributed by atoms with Crippen molar-refractivity contribution in [3.05, 3.63) is 29.8 Å². The molecule has 0 aliphatic carbocycles. The van der Waals surface area contributed by atoms with Crippen LogP contribution in [-0.2, 0) is 14.8 Å². The number of nitrogens with two attached hydrogens (primary N) is 1. The summed E-state index contributed by atoms with van der Waals surface area (Å²) in [4.78, 5) is 15.2. The molecule has 0 spiro atoms. The van der Waals surface area contributed by atoms with Crippen molar-refractivity contribution in [3.8, 4) is 0 Å². The van der Waals surface area contributed by atoms with Crippen molar-refractivity contribution in [2.75, 3.05) is 26.2 Å². The van der Waals surface area contributed by atoms with Crippen LogP contribution in [0.4, 0.5) is 0 Å². The highest BCUT2D eigenvalue weighted by atomic mass is 35.5. The first kappa shape index (κ1) is 22.1. The molecule has 0 aromatic heterocycles. The number of rotatable bonds is 4. The first-order valence-corrected chi connectivity index (χ1v) is 10.9. The highest BCUT2D eigenvalue weighted by Crippen LogP contribution is 2.27. The minimum atomic E-state index is -3.56. The molecule has 6 nitrogen and oxygen atoms in total. The summed E-state index contributed by atoms with van der Waals surface area (Å²) in [5.74, 6) is -0.194. The van der Waals surface area contributed by atoms with Crippen molar-refractivity contribution in [3.63, 3.8) is 0 Å². The summed E-state index contributed by atoms with van der Waals surface area (Å²) in [7, 11) is -3.56. The molecule has 2 aliphatic heterocycles. The number of benzene rings is 1. The van der Waals surface area contributed by atoms with Gasteiger partial charge in [-0.05, 0) is 51.2 Å². The Bertz CT molecular complexity index is 739. The van der Waals surface area contributed by atoms with E-state index in [2.05, 4.69) is 0 Å². The summed E-state index contributed by atoms with van der Waals surface area (Å²) in [5, 5.41) is 0. The number of aryl methyl sites for hydroxylation is 1. The van der Waals surface area contributed by atoms with E-state index in [1.165, 1.54) is 4.31 Å². The lowest BCUT2D eigenvalue weighted by atomic mass is 9.94. The van der Waals surface area contributed by atoms with Gasteiger partial charge in [-0.3, -0.25) is 4.79 Å². The molecule has 1 aromatic rings. The van der Waals surface area contributed by atoms with E-state index in [0.29, 0.717) is 24.4 Å². The van der Waals surface area contributed by atoms with Crippen molar-refractivity contribution in [1.82, 2.24) is 9.21 Å². The summed E-state index contributed by atoms with van der Waals surface area (Å²) in [6, 6.07) is 6.99. The lowest BCUT2D eigenvalue weighted by Crippen LogP contribution is -2.52. The molecule has 1 amide bonds. The van der Waals surface area contributed by atoms with E-state index in [-0.39, 0.29) is 36.8 Å². The van der Waals surface area contributed by atoms with Gasteiger partial charge in [-0.15, -0.1) is 12.4 Å². The van der Waals surface area contributed by atoms with E-state index in [4.69, 9.17) is 5.73 Å². The van der Waals surface area contributed by atoms with Gasteiger partial charge in [0.25, 0.3) is 0 Å². The number of nitrogens with zero attached hydrogens (tertiary/aromatic N) is 2. The van der Waals surface area contributed by atoms with Crippen molar-refractivity contribution >= 4 is 28.3 Å². The molecule has 2 atom stereocenters. The largest absolute Gasteiger partial charge is 0.338 e. The molecule has 2 aliphatic rings. The Morgan fingerprint density at radius 2 is 1.81 bits per heavy atom. The second-order valence-corrected chi connectivity index (χ2v) is 9.37. The highest BCUT2D eigenvalue weighted by molar-refractivity contribution is 7.89. The van der Waals surface area contributed by atoms with Crippen LogP contribution in [0.3, 0.4) is 0 Å². The minimum Gasteiger partial charge on any atom is -0.338 e. The number of hydrogen-bond donors (Lipinski definition) is 1. The molecule has 0 saturated carbocycles. The third kappa shape index (κ3) is 4.83. The monoisotopic (exact) mass is 415 g/mol. The maximum absolute atomic E-state index is 13.0. The van der Waals surface area contributed by atoms with Crippen LogP contribution in [-0.4, -0.2) is 55.8 Å². The SMILES string of the molecule is Cc1ccc(S(=O)(=O)N2CCCC(C(=O)N3CCCCC3CN)C2)cc1.Cl. The Morgan fingerprint density at radius 3 is 2.48 bits per heavy atom. The summed E-state index contributed by atoms with van der Waals surface area (Å²) < 4.78 is 27.4. The van der Waals surface area contributed by atoms with Gasteiger partial charge in [-0.1, -0.05) is 17.7 Å². The molecule has 2 N–H and O–H groups in total. The maximum Gasteiger partial charge on any atom is 0.243 e. The molecule has 0 radical (unpaired) electrons. The van der Waals surface area contributed by atoms with Gasteiger partial charge in [0.2, 0.25) is 15.9 Å². The number of halogens is 1. The van der Waals surface area contributed by atoms with Gasteiger partial charge in [-0.2, -0.15) is 4.31 Å². The van der Waals surface area contributed by atoms with Crippen LogP contribution in [0.5, 0.6) is 0 Å². The highest BCUT2D eigenvalue weighted by Gasteiger charge is 2.37. The van der Waals surface area contributed by atoms with Crippen LogP contribution in [0, 0.1) is 12.8 Å². The fraction of sp³-hybridized carbons (Fsp3) is 0.632. The van der Waals surface area contributed by atoms with Crippen LogP contribution in [0.1, 0.15) is 37.7 Å². The van der Waals surface area contributed by atoms with Crippen LogP contribution in [0.2, 0.25) is 0 Å². The first-order valence-electron chi connectivity index (χ1n) is 9.51. The predicted molar refractivity (Wildman–Crippen MR) is 108 cm³/mol. The normalized spacial score (nSPS) is 24.3. The van der Waals surface area contributed by atoms with Gasteiger partial charge in [-0.25, -0.2) is 8.42 Å². The summed E-state index contributed by atoms with van der Waals surface area (Å²) >= 11 is 0. The van der Waals surface area contributed by atoms with Crippen molar-refractivity contribution in [2.45, 2.75) is 50.0 Å². The van der Waals surface area contributed by atoms with E-state index >= 15 is 0 Å². The molecule has 2 fully saturated rings. The molecular weight excluding hydrogens is 386 g/mol. The Kier molecular flexibility index (Phi) is 7.68. The molecule has 8 heteroatoms. The topological polar surface area (TPSA) is 83.7 Å². The van der Waals surface area contributed by atoms with Gasteiger partial charge in [0.1, 0.15) is 0 Å². The smallest absolute Gasteiger partial charge is 0.243 e. The quantitative estimate of drug-likeness (QED) is 0.816. The molecular formula is C19H30ClN3O3S. The molecule has 2 unspecified atom stereocenters. The van der Waals surface area contributed by atoms with E-state index in [9.17, 15) is 13.2 Å². The van der Waals surface area contributed by atoms with Crippen LogP contribution in [0.25, 0.3) is 0 Å². The number of sulfonamides is 1. The molecule has 27 heavy (non-hydrogen) atoms. The Hall–Kier alpha value is -1.15. The first-order chi connectivity index (χ1) is 12.4. The third-order valence-electron chi connectivity index (χ3n) is 5.57. The standard InChI is InChI=1S/C19H29N3O3S.ClH/c1-15-7-9-18(10-8-15)26(24,25)21-11-4-5-16(14-21)19(23)22-12-3-2-6-17(22)13-20;/h7-10,16-17H,2-6,11-14,20H2,1H3;1H. The Labute approximate surface area is 168 Å². The zero-order valence-corrected chi connectivity index (χ0v) is 17.5. The number of hydrogen-bond acceptors (Lipinski definition) is 4.